The summed E-state index contributed by atoms with van der Waals surface area (Å²) in [5.41, 5.74) is 0.631. The lowest BCUT2D eigenvalue weighted by atomic mass is 10.0. The predicted octanol–water partition coefficient (Wildman–Crippen LogP) is 1.90. The van der Waals surface area contributed by atoms with Crippen molar-refractivity contribution in [2.45, 2.75) is 12.8 Å². The Morgan fingerprint density at radius 1 is 1.29 bits per heavy atom. The van der Waals surface area contributed by atoms with Crippen LogP contribution in [0.4, 0.5) is 0 Å². The number of rotatable bonds is 6. The van der Waals surface area contributed by atoms with Crippen molar-refractivity contribution in [3.05, 3.63) is 29.8 Å². The van der Waals surface area contributed by atoms with Crippen molar-refractivity contribution in [1.82, 2.24) is 9.80 Å². The van der Waals surface area contributed by atoms with E-state index in [1.165, 1.54) is 0 Å². The van der Waals surface area contributed by atoms with Gasteiger partial charge in [-0.15, -0.1) is 0 Å². The largest absolute Gasteiger partial charge is 0.497 e. The van der Waals surface area contributed by atoms with Crippen LogP contribution in [0.5, 0.6) is 5.75 Å². The van der Waals surface area contributed by atoms with E-state index in [-0.39, 0.29) is 11.8 Å². The lowest BCUT2D eigenvalue weighted by Gasteiger charge is -2.35. The number of nitrogens with zero attached hydrogens (tertiary/aromatic N) is 4. The Morgan fingerprint density at radius 3 is 2.67 bits per heavy atom. The molecule has 6 heteroatoms. The maximum absolute atomic E-state index is 12.6. The molecule has 6 nitrogen and oxygen atoms in total. The van der Waals surface area contributed by atoms with Crippen LogP contribution in [-0.4, -0.2) is 55.5 Å². The van der Waals surface area contributed by atoms with Crippen molar-refractivity contribution >= 4 is 5.91 Å². The molecular weight excluding hydrogens is 304 g/mol. The van der Waals surface area contributed by atoms with E-state index in [2.05, 4.69) is 17.0 Å². The minimum absolute atomic E-state index is 0.00913. The van der Waals surface area contributed by atoms with Gasteiger partial charge in [-0.2, -0.15) is 10.5 Å². The summed E-state index contributed by atoms with van der Waals surface area (Å²) in [6.45, 7) is 3.46. The summed E-state index contributed by atoms with van der Waals surface area (Å²) in [7, 11) is 1.58. The molecule has 1 amide bonds. The third kappa shape index (κ3) is 4.71. The first-order valence-electron chi connectivity index (χ1n) is 8.10. The van der Waals surface area contributed by atoms with E-state index in [0.717, 1.165) is 13.1 Å². The highest BCUT2D eigenvalue weighted by Gasteiger charge is 2.24. The summed E-state index contributed by atoms with van der Waals surface area (Å²) < 4.78 is 5.17. The van der Waals surface area contributed by atoms with Gasteiger partial charge in [0.25, 0.3) is 5.91 Å². The van der Waals surface area contributed by atoms with Gasteiger partial charge >= 0.3 is 0 Å². The number of piperazine rings is 1. The standard InChI is InChI=1S/C18H22N4O2/c1-24-17-6-2-5-16(12-17)18(23)22-10-8-21(9-11-22)14-15(13-20)4-3-7-19/h2,5-6,12,15H,3-4,8-11,14H2,1H3/t15-/m1/s1. The van der Waals surface area contributed by atoms with Crippen LogP contribution in [0.25, 0.3) is 0 Å². The van der Waals surface area contributed by atoms with Crippen molar-refractivity contribution in [2.24, 2.45) is 5.92 Å². The average molecular weight is 326 g/mol. The number of benzene rings is 1. The van der Waals surface area contributed by atoms with E-state index in [0.29, 0.717) is 43.8 Å². The number of amides is 1. The van der Waals surface area contributed by atoms with E-state index < -0.39 is 0 Å². The quantitative estimate of drug-likeness (QED) is 0.797. The Morgan fingerprint density at radius 2 is 2.04 bits per heavy atom. The fraction of sp³-hybridized carbons (Fsp3) is 0.500. The van der Waals surface area contributed by atoms with Gasteiger partial charge in [-0.25, -0.2) is 0 Å². The molecule has 1 aromatic carbocycles. The first-order valence-corrected chi connectivity index (χ1v) is 8.10. The third-order valence-corrected chi connectivity index (χ3v) is 4.24. The normalized spacial score (nSPS) is 16.0. The highest BCUT2D eigenvalue weighted by molar-refractivity contribution is 5.94. The summed E-state index contributed by atoms with van der Waals surface area (Å²) in [4.78, 5) is 16.6. The zero-order valence-corrected chi connectivity index (χ0v) is 13.9. The number of methoxy groups -OCH3 is 1. The van der Waals surface area contributed by atoms with Crippen molar-refractivity contribution in [1.29, 1.82) is 10.5 Å². The van der Waals surface area contributed by atoms with Crippen LogP contribution >= 0.6 is 0 Å². The van der Waals surface area contributed by atoms with Gasteiger partial charge in [0.1, 0.15) is 5.75 Å². The van der Waals surface area contributed by atoms with E-state index in [1.54, 1.807) is 19.2 Å². The molecule has 0 N–H and O–H groups in total. The molecule has 126 valence electrons. The van der Waals surface area contributed by atoms with Crippen LogP contribution in [0.15, 0.2) is 24.3 Å². The molecule has 2 rings (SSSR count). The minimum atomic E-state index is -0.120. The molecular formula is C18H22N4O2. The number of nitriles is 2. The van der Waals surface area contributed by atoms with Gasteiger partial charge in [-0.1, -0.05) is 6.07 Å². The minimum Gasteiger partial charge on any atom is -0.497 e. The van der Waals surface area contributed by atoms with Crippen molar-refractivity contribution in [2.75, 3.05) is 39.8 Å². The second-order valence-electron chi connectivity index (χ2n) is 5.85. The molecule has 0 radical (unpaired) electrons. The number of carbonyl (C=O) groups excluding carboxylic acids is 1. The van der Waals surface area contributed by atoms with Gasteiger partial charge < -0.3 is 9.64 Å². The smallest absolute Gasteiger partial charge is 0.254 e. The van der Waals surface area contributed by atoms with Crippen LogP contribution in [0.3, 0.4) is 0 Å². The molecule has 0 saturated carbocycles. The van der Waals surface area contributed by atoms with Gasteiger partial charge in [0.2, 0.25) is 0 Å². The number of hydrogen-bond acceptors (Lipinski definition) is 5. The van der Waals surface area contributed by atoms with E-state index >= 15 is 0 Å². The van der Waals surface area contributed by atoms with Crippen molar-refractivity contribution in [3.63, 3.8) is 0 Å². The van der Waals surface area contributed by atoms with Gasteiger partial charge in [-0.05, 0) is 24.6 Å². The summed E-state index contributed by atoms with van der Waals surface area (Å²) in [5, 5.41) is 17.8. The second kappa shape index (κ2) is 8.90. The van der Waals surface area contributed by atoms with E-state index in [1.807, 2.05) is 17.0 Å². The van der Waals surface area contributed by atoms with Crippen molar-refractivity contribution in [3.8, 4) is 17.9 Å². The third-order valence-electron chi connectivity index (χ3n) is 4.24. The molecule has 1 aromatic rings. The molecule has 0 bridgehead atoms. The molecule has 24 heavy (non-hydrogen) atoms. The molecule has 0 aromatic heterocycles. The maximum atomic E-state index is 12.6. The molecule has 1 aliphatic heterocycles. The van der Waals surface area contributed by atoms with Gasteiger partial charge in [0.05, 0.1) is 25.2 Å². The fourth-order valence-electron chi connectivity index (χ4n) is 2.82. The molecule has 0 spiro atoms. The number of carbonyl (C=O) groups is 1. The van der Waals surface area contributed by atoms with Crippen LogP contribution in [0.1, 0.15) is 23.2 Å². The SMILES string of the molecule is COc1cccc(C(=O)N2CCN(C[C@@H](C#N)CCC#N)CC2)c1. The lowest BCUT2D eigenvalue weighted by Crippen LogP contribution is -2.49. The van der Waals surface area contributed by atoms with Crippen LogP contribution in [-0.2, 0) is 0 Å². The van der Waals surface area contributed by atoms with Crippen LogP contribution < -0.4 is 4.74 Å². The summed E-state index contributed by atoms with van der Waals surface area (Å²) in [5.74, 6) is 0.564. The average Bonchev–Trinajstić information content (AvgIpc) is 2.65. The molecule has 1 saturated heterocycles. The number of hydrogen-bond donors (Lipinski definition) is 0. The highest BCUT2D eigenvalue weighted by Crippen LogP contribution is 2.16. The first-order chi connectivity index (χ1) is 11.7. The van der Waals surface area contributed by atoms with E-state index in [4.69, 9.17) is 15.3 Å². The lowest BCUT2D eigenvalue weighted by molar-refractivity contribution is 0.0625. The maximum Gasteiger partial charge on any atom is 0.254 e. The Hall–Kier alpha value is -2.57. The fourth-order valence-corrected chi connectivity index (χ4v) is 2.82. The summed E-state index contributed by atoms with van der Waals surface area (Å²) in [6.07, 6.45) is 1.02. The number of ether oxygens (including phenoxy) is 1. The van der Waals surface area contributed by atoms with Crippen LogP contribution in [0, 0.1) is 28.6 Å². The Kier molecular flexibility index (Phi) is 6.60. The van der Waals surface area contributed by atoms with Crippen molar-refractivity contribution < 1.29 is 9.53 Å². The zero-order chi connectivity index (χ0) is 17.4. The molecule has 0 unspecified atom stereocenters. The summed E-state index contributed by atoms with van der Waals surface area (Å²) in [6, 6.07) is 11.5. The zero-order valence-electron chi connectivity index (χ0n) is 13.9. The second-order valence-corrected chi connectivity index (χ2v) is 5.85. The van der Waals surface area contributed by atoms with Gasteiger partial charge in [0, 0.05) is 44.7 Å². The van der Waals surface area contributed by atoms with Gasteiger partial charge in [-0.3, -0.25) is 9.69 Å². The molecule has 1 heterocycles. The Bertz CT molecular complexity index is 639. The monoisotopic (exact) mass is 326 g/mol. The Labute approximate surface area is 142 Å². The predicted molar refractivity (Wildman–Crippen MR) is 89.3 cm³/mol. The molecule has 1 fully saturated rings. The molecule has 1 aliphatic rings. The van der Waals surface area contributed by atoms with Gasteiger partial charge in [0.15, 0.2) is 0 Å². The first kappa shape index (κ1) is 17.8. The molecule has 0 aliphatic carbocycles. The summed E-state index contributed by atoms with van der Waals surface area (Å²) >= 11 is 0. The van der Waals surface area contributed by atoms with E-state index in [9.17, 15) is 4.79 Å². The van der Waals surface area contributed by atoms with Crippen LogP contribution in [0.2, 0.25) is 0 Å². The molecule has 1 atom stereocenters. The Balaban J connectivity index is 1.87. The highest BCUT2D eigenvalue weighted by atomic mass is 16.5. The topological polar surface area (TPSA) is 80.4 Å².